The molecular formula is C18H18FN3O2S. The van der Waals surface area contributed by atoms with Gasteiger partial charge in [0, 0.05) is 49.0 Å². The SMILES string of the molecule is O=S(=O)(c1cccc(F)c1)N1CCN(c2cccc3[nH]ccc23)CC1. The standard InChI is InChI=1S/C18H18FN3O2S/c19-14-3-1-4-15(13-14)25(23,24)22-11-9-21(10-12-22)18-6-2-5-17-16(18)7-8-20-17/h1-8,13,20H,9-12H2. The van der Waals surface area contributed by atoms with E-state index in [2.05, 4.69) is 9.88 Å². The maximum absolute atomic E-state index is 13.4. The zero-order valence-corrected chi connectivity index (χ0v) is 14.3. The molecule has 1 fully saturated rings. The number of hydrogen-bond acceptors (Lipinski definition) is 3. The highest BCUT2D eigenvalue weighted by molar-refractivity contribution is 7.89. The summed E-state index contributed by atoms with van der Waals surface area (Å²) in [7, 11) is -3.66. The summed E-state index contributed by atoms with van der Waals surface area (Å²) in [5, 5.41) is 1.13. The van der Waals surface area contributed by atoms with E-state index in [9.17, 15) is 12.8 Å². The van der Waals surface area contributed by atoms with E-state index >= 15 is 0 Å². The molecule has 0 aliphatic carbocycles. The lowest BCUT2D eigenvalue weighted by molar-refractivity contribution is 0.385. The van der Waals surface area contributed by atoms with Crippen LogP contribution in [0.1, 0.15) is 0 Å². The van der Waals surface area contributed by atoms with Crippen molar-refractivity contribution in [1.29, 1.82) is 0 Å². The van der Waals surface area contributed by atoms with Crippen LogP contribution in [0, 0.1) is 5.82 Å². The fourth-order valence-electron chi connectivity index (χ4n) is 3.29. The normalized spacial score (nSPS) is 16.4. The Morgan fingerprint density at radius 1 is 0.960 bits per heavy atom. The van der Waals surface area contributed by atoms with Crippen molar-refractivity contribution >= 4 is 26.6 Å². The van der Waals surface area contributed by atoms with E-state index < -0.39 is 15.8 Å². The average Bonchev–Trinajstić information content (AvgIpc) is 3.10. The molecule has 7 heteroatoms. The van der Waals surface area contributed by atoms with Crippen LogP contribution in [0.3, 0.4) is 0 Å². The Hall–Kier alpha value is -2.38. The molecule has 0 unspecified atom stereocenters. The number of halogens is 1. The van der Waals surface area contributed by atoms with Gasteiger partial charge < -0.3 is 9.88 Å². The predicted octanol–water partition coefficient (Wildman–Crippen LogP) is 2.82. The molecule has 130 valence electrons. The van der Waals surface area contributed by atoms with E-state index in [1.165, 1.54) is 22.5 Å². The summed E-state index contributed by atoms with van der Waals surface area (Å²) in [6, 6.07) is 13.3. The van der Waals surface area contributed by atoms with Crippen molar-refractivity contribution in [2.24, 2.45) is 0 Å². The van der Waals surface area contributed by atoms with Gasteiger partial charge in [0.2, 0.25) is 10.0 Å². The molecule has 1 aliphatic rings. The quantitative estimate of drug-likeness (QED) is 0.782. The number of benzene rings is 2. The summed E-state index contributed by atoms with van der Waals surface area (Å²) in [5.41, 5.74) is 2.16. The molecule has 1 aliphatic heterocycles. The molecule has 1 saturated heterocycles. The number of anilines is 1. The van der Waals surface area contributed by atoms with Gasteiger partial charge in [-0.2, -0.15) is 4.31 Å². The lowest BCUT2D eigenvalue weighted by Crippen LogP contribution is -2.48. The third-order valence-electron chi connectivity index (χ3n) is 4.59. The number of sulfonamides is 1. The lowest BCUT2D eigenvalue weighted by Gasteiger charge is -2.35. The van der Waals surface area contributed by atoms with Gasteiger partial charge in [-0.25, -0.2) is 12.8 Å². The Labute approximate surface area is 145 Å². The van der Waals surface area contributed by atoms with Gasteiger partial charge in [0.05, 0.1) is 4.90 Å². The first-order valence-electron chi connectivity index (χ1n) is 8.12. The number of fused-ring (bicyclic) bond motifs is 1. The molecule has 25 heavy (non-hydrogen) atoms. The summed E-state index contributed by atoms with van der Waals surface area (Å²) in [6.45, 7) is 1.94. The number of nitrogens with zero attached hydrogens (tertiary/aromatic N) is 2. The lowest BCUT2D eigenvalue weighted by atomic mass is 10.2. The van der Waals surface area contributed by atoms with Crippen molar-refractivity contribution in [3.05, 3.63) is 60.5 Å². The van der Waals surface area contributed by atoms with Crippen LogP contribution in [0.4, 0.5) is 10.1 Å². The van der Waals surface area contributed by atoms with Crippen molar-refractivity contribution in [2.45, 2.75) is 4.90 Å². The molecule has 0 saturated carbocycles. The first kappa shape index (κ1) is 16.1. The molecule has 5 nitrogen and oxygen atoms in total. The third-order valence-corrected chi connectivity index (χ3v) is 6.48. The molecule has 0 bridgehead atoms. The smallest absolute Gasteiger partial charge is 0.243 e. The van der Waals surface area contributed by atoms with Crippen molar-refractivity contribution in [3.63, 3.8) is 0 Å². The van der Waals surface area contributed by atoms with Crippen LogP contribution in [-0.2, 0) is 10.0 Å². The molecule has 2 heterocycles. The Bertz CT molecular complexity index is 1010. The summed E-state index contributed by atoms with van der Waals surface area (Å²) >= 11 is 0. The predicted molar refractivity (Wildman–Crippen MR) is 95.7 cm³/mol. The van der Waals surface area contributed by atoms with Gasteiger partial charge in [0.1, 0.15) is 5.82 Å². The number of nitrogens with one attached hydrogen (secondary N) is 1. The van der Waals surface area contributed by atoms with E-state index in [4.69, 9.17) is 0 Å². The van der Waals surface area contributed by atoms with Crippen LogP contribution < -0.4 is 4.90 Å². The average molecular weight is 359 g/mol. The minimum Gasteiger partial charge on any atom is -0.368 e. The van der Waals surface area contributed by atoms with Crippen LogP contribution in [0.25, 0.3) is 10.9 Å². The van der Waals surface area contributed by atoms with Crippen LogP contribution in [-0.4, -0.2) is 43.9 Å². The van der Waals surface area contributed by atoms with Crippen molar-refractivity contribution in [3.8, 4) is 0 Å². The number of rotatable bonds is 3. The number of aromatic amines is 1. The number of H-pyrrole nitrogens is 1. The topological polar surface area (TPSA) is 56.4 Å². The van der Waals surface area contributed by atoms with Crippen LogP contribution in [0.2, 0.25) is 0 Å². The van der Waals surface area contributed by atoms with Gasteiger partial charge in [-0.3, -0.25) is 0 Å². The Morgan fingerprint density at radius 2 is 1.72 bits per heavy atom. The van der Waals surface area contributed by atoms with Gasteiger partial charge in [0.15, 0.2) is 0 Å². The first-order chi connectivity index (χ1) is 12.1. The van der Waals surface area contributed by atoms with Gasteiger partial charge >= 0.3 is 0 Å². The second kappa shape index (κ2) is 6.16. The molecule has 4 rings (SSSR count). The van der Waals surface area contributed by atoms with Crippen LogP contribution in [0.5, 0.6) is 0 Å². The monoisotopic (exact) mass is 359 g/mol. The van der Waals surface area contributed by atoms with Crippen molar-refractivity contribution < 1.29 is 12.8 Å². The highest BCUT2D eigenvalue weighted by Gasteiger charge is 2.29. The fourth-order valence-corrected chi connectivity index (χ4v) is 4.74. The summed E-state index contributed by atoms with van der Waals surface area (Å²) in [6.07, 6.45) is 1.90. The van der Waals surface area contributed by atoms with E-state index in [1.54, 1.807) is 0 Å². The highest BCUT2D eigenvalue weighted by atomic mass is 32.2. The van der Waals surface area contributed by atoms with Crippen molar-refractivity contribution in [1.82, 2.24) is 9.29 Å². The number of aromatic nitrogens is 1. The maximum Gasteiger partial charge on any atom is 0.243 e. The van der Waals surface area contributed by atoms with Crippen LogP contribution >= 0.6 is 0 Å². The molecule has 0 atom stereocenters. The second-order valence-corrected chi connectivity index (χ2v) is 8.00. The summed E-state index contributed by atoms with van der Waals surface area (Å²) in [5.74, 6) is -0.543. The van der Waals surface area contributed by atoms with Crippen LogP contribution in [0.15, 0.2) is 59.6 Å². The fraction of sp³-hybridized carbons (Fsp3) is 0.222. The minimum absolute atomic E-state index is 0.00804. The summed E-state index contributed by atoms with van der Waals surface area (Å²) < 4.78 is 40.2. The van der Waals surface area contributed by atoms with E-state index in [0.717, 1.165) is 22.7 Å². The van der Waals surface area contributed by atoms with E-state index in [-0.39, 0.29) is 4.90 Å². The van der Waals surface area contributed by atoms with E-state index in [0.29, 0.717) is 26.2 Å². The molecule has 2 aromatic carbocycles. The maximum atomic E-state index is 13.4. The highest BCUT2D eigenvalue weighted by Crippen LogP contribution is 2.28. The zero-order chi connectivity index (χ0) is 17.4. The minimum atomic E-state index is -3.66. The molecule has 0 radical (unpaired) electrons. The molecule has 1 N–H and O–H groups in total. The largest absolute Gasteiger partial charge is 0.368 e. The van der Waals surface area contributed by atoms with Crippen molar-refractivity contribution in [2.75, 3.05) is 31.1 Å². The molecule has 3 aromatic rings. The number of hydrogen-bond donors (Lipinski definition) is 1. The second-order valence-electron chi connectivity index (χ2n) is 6.06. The van der Waals surface area contributed by atoms with E-state index in [1.807, 2.05) is 30.5 Å². The third kappa shape index (κ3) is 2.89. The zero-order valence-electron chi connectivity index (χ0n) is 13.5. The van der Waals surface area contributed by atoms with Gasteiger partial charge in [0.25, 0.3) is 0 Å². The summed E-state index contributed by atoms with van der Waals surface area (Å²) in [4.78, 5) is 5.39. The Kier molecular flexibility index (Phi) is 3.97. The first-order valence-corrected chi connectivity index (χ1v) is 9.56. The van der Waals surface area contributed by atoms with Gasteiger partial charge in [-0.15, -0.1) is 0 Å². The van der Waals surface area contributed by atoms with Gasteiger partial charge in [-0.05, 0) is 36.4 Å². The molecule has 1 aromatic heterocycles. The number of piperazine rings is 1. The van der Waals surface area contributed by atoms with Gasteiger partial charge in [-0.1, -0.05) is 12.1 Å². The molecule has 0 amide bonds. The molecular weight excluding hydrogens is 341 g/mol. The Balaban J connectivity index is 1.54. The molecule has 0 spiro atoms. The Morgan fingerprint density at radius 3 is 2.48 bits per heavy atom.